The lowest BCUT2D eigenvalue weighted by atomic mass is 10.0. The first kappa shape index (κ1) is 25.8. The molecule has 3 N–H and O–H groups in total. The molecule has 0 bridgehead atoms. The van der Waals surface area contributed by atoms with E-state index in [1.54, 1.807) is 36.4 Å². The molecular formula is C25H25N5O6S. The summed E-state index contributed by atoms with van der Waals surface area (Å²) < 4.78 is 9.97. The number of rotatable bonds is 10. The Labute approximate surface area is 216 Å². The first-order valence-electron chi connectivity index (χ1n) is 11.3. The number of nitrogens with zero attached hydrogens (tertiary/aromatic N) is 2. The van der Waals surface area contributed by atoms with E-state index in [0.717, 1.165) is 21.8 Å². The van der Waals surface area contributed by atoms with Crippen LogP contribution in [0.1, 0.15) is 27.7 Å². The van der Waals surface area contributed by atoms with E-state index >= 15 is 0 Å². The summed E-state index contributed by atoms with van der Waals surface area (Å²) in [6.07, 6.45) is 0.0910. The average Bonchev–Trinajstić information content (AvgIpc) is 3.50. The first-order valence-corrected chi connectivity index (χ1v) is 12.1. The SMILES string of the molecule is COCNC(=O)c1csc(NC(=O)[C@H](Cc2ccccc2)N2C(=O)N[C@H](c3ccc(OC)cc3)C2=O)n1. The smallest absolute Gasteiger partial charge is 0.325 e. The number of nitrogens with one attached hydrogen (secondary N) is 3. The number of thiazole rings is 1. The average molecular weight is 524 g/mol. The third-order valence-electron chi connectivity index (χ3n) is 5.65. The summed E-state index contributed by atoms with van der Waals surface area (Å²) >= 11 is 1.05. The Hall–Kier alpha value is -4.29. The summed E-state index contributed by atoms with van der Waals surface area (Å²) in [5, 5.41) is 9.47. The van der Waals surface area contributed by atoms with Gasteiger partial charge in [-0.3, -0.25) is 14.4 Å². The lowest BCUT2D eigenvalue weighted by molar-refractivity contribution is -0.134. The van der Waals surface area contributed by atoms with Crippen LogP contribution < -0.4 is 20.7 Å². The zero-order valence-corrected chi connectivity index (χ0v) is 20.9. The predicted molar refractivity (Wildman–Crippen MR) is 135 cm³/mol. The molecule has 4 rings (SSSR count). The van der Waals surface area contributed by atoms with Crippen molar-refractivity contribution in [3.05, 3.63) is 76.8 Å². The molecule has 192 valence electrons. The summed E-state index contributed by atoms with van der Waals surface area (Å²) in [5.74, 6) is -1.01. The Bertz CT molecular complexity index is 1280. The topological polar surface area (TPSA) is 139 Å². The van der Waals surface area contributed by atoms with Gasteiger partial charge in [-0.05, 0) is 23.3 Å². The Morgan fingerprint density at radius 2 is 1.84 bits per heavy atom. The van der Waals surface area contributed by atoms with Crippen LogP contribution in [-0.4, -0.2) is 60.6 Å². The number of methoxy groups -OCH3 is 2. The molecule has 3 aromatic rings. The second-order valence-electron chi connectivity index (χ2n) is 8.04. The Balaban J connectivity index is 1.57. The molecule has 5 amide bonds. The van der Waals surface area contributed by atoms with Gasteiger partial charge in [-0.1, -0.05) is 42.5 Å². The molecule has 0 aliphatic carbocycles. The molecule has 1 fully saturated rings. The molecule has 2 heterocycles. The number of ether oxygens (including phenoxy) is 2. The van der Waals surface area contributed by atoms with Crippen LogP contribution in [0.4, 0.5) is 9.93 Å². The standard InChI is InChI=1S/C25H25N5O6S/c1-35-14-26-21(31)18-13-37-24(27-18)29-22(32)19(12-15-6-4-3-5-7-15)30-23(33)20(28-25(30)34)16-8-10-17(36-2)11-9-16/h3-11,13,19-20H,12,14H2,1-2H3,(H,26,31)(H,28,34)(H,27,29,32)/t19-,20+/m0/s1. The van der Waals surface area contributed by atoms with Crippen molar-refractivity contribution in [3.8, 4) is 5.75 Å². The molecule has 1 aliphatic rings. The van der Waals surface area contributed by atoms with E-state index in [1.165, 1.54) is 19.6 Å². The van der Waals surface area contributed by atoms with Crippen LogP contribution in [0, 0.1) is 0 Å². The first-order chi connectivity index (χ1) is 17.9. The summed E-state index contributed by atoms with van der Waals surface area (Å²) in [5.41, 5.74) is 1.42. The minimum atomic E-state index is -1.16. The maximum absolute atomic E-state index is 13.4. The lowest BCUT2D eigenvalue weighted by Crippen LogP contribution is -2.49. The van der Waals surface area contributed by atoms with E-state index in [0.29, 0.717) is 11.3 Å². The second-order valence-corrected chi connectivity index (χ2v) is 8.89. The molecule has 1 aromatic heterocycles. The number of carbonyl (C=O) groups is 4. The minimum Gasteiger partial charge on any atom is -0.497 e. The van der Waals surface area contributed by atoms with Gasteiger partial charge in [0.25, 0.3) is 11.8 Å². The Morgan fingerprint density at radius 1 is 1.11 bits per heavy atom. The maximum atomic E-state index is 13.4. The Kier molecular flexibility index (Phi) is 8.11. The molecule has 37 heavy (non-hydrogen) atoms. The van der Waals surface area contributed by atoms with Gasteiger partial charge in [0.05, 0.1) is 7.11 Å². The zero-order valence-electron chi connectivity index (χ0n) is 20.1. The van der Waals surface area contributed by atoms with Gasteiger partial charge in [-0.25, -0.2) is 14.7 Å². The lowest BCUT2D eigenvalue weighted by Gasteiger charge is -2.24. The molecule has 12 heteroatoms. The quantitative estimate of drug-likeness (QED) is 0.274. The summed E-state index contributed by atoms with van der Waals surface area (Å²) in [7, 11) is 2.97. The van der Waals surface area contributed by atoms with E-state index in [2.05, 4.69) is 20.9 Å². The highest BCUT2D eigenvalue weighted by Gasteiger charge is 2.45. The molecule has 2 atom stereocenters. The molecule has 2 aromatic carbocycles. The molecule has 0 spiro atoms. The van der Waals surface area contributed by atoms with Crippen LogP contribution in [0.5, 0.6) is 5.75 Å². The van der Waals surface area contributed by atoms with Crippen molar-refractivity contribution in [2.24, 2.45) is 0 Å². The van der Waals surface area contributed by atoms with E-state index in [4.69, 9.17) is 9.47 Å². The molecule has 0 saturated carbocycles. The third kappa shape index (κ3) is 5.93. The van der Waals surface area contributed by atoms with Crippen molar-refractivity contribution < 1.29 is 28.7 Å². The Morgan fingerprint density at radius 3 is 2.51 bits per heavy atom. The number of benzene rings is 2. The van der Waals surface area contributed by atoms with E-state index in [-0.39, 0.29) is 24.0 Å². The largest absolute Gasteiger partial charge is 0.497 e. The number of urea groups is 1. The molecule has 11 nitrogen and oxygen atoms in total. The molecular weight excluding hydrogens is 498 g/mol. The zero-order chi connectivity index (χ0) is 26.4. The molecule has 1 saturated heterocycles. The second kappa shape index (κ2) is 11.6. The van der Waals surface area contributed by atoms with Crippen LogP contribution in [0.2, 0.25) is 0 Å². The normalized spacial score (nSPS) is 15.7. The molecule has 0 unspecified atom stereocenters. The van der Waals surface area contributed by atoms with Crippen molar-refractivity contribution in [1.29, 1.82) is 0 Å². The van der Waals surface area contributed by atoms with Gasteiger partial charge in [0.2, 0.25) is 5.91 Å². The van der Waals surface area contributed by atoms with Gasteiger partial charge in [0.1, 0.15) is 30.3 Å². The predicted octanol–water partition coefficient (Wildman–Crippen LogP) is 2.33. The maximum Gasteiger partial charge on any atom is 0.325 e. The van der Waals surface area contributed by atoms with Gasteiger partial charge in [0.15, 0.2) is 5.13 Å². The number of carbonyl (C=O) groups excluding carboxylic acids is 4. The monoisotopic (exact) mass is 523 g/mol. The number of hydrogen-bond donors (Lipinski definition) is 3. The fourth-order valence-corrected chi connectivity index (χ4v) is 4.50. The summed E-state index contributed by atoms with van der Waals surface area (Å²) in [4.78, 5) is 57.0. The highest BCUT2D eigenvalue weighted by Crippen LogP contribution is 2.27. The molecule has 1 aliphatic heterocycles. The fraction of sp³-hybridized carbons (Fsp3) is 0.240. The highest BCUT2D eigenvalue weighted by atomic mass is 32.1. The van der Waals surface area contributed by atoms with Crippen LogP contribution in [0.3, 0.4) is 0 Å². The summed E-state index contributed by atoms with van der Waals surface area (Å²) in [6.45, 7) is 0.0126. The van der Waals surface area contributed by atoms with Gasteiger partial charge < -0.3 is 25.4 Å². The van der Waals surface area contributed by atoms with Crippen LogP contribution >= 0.6 is 11.3 Å². The number of hydrogen-bond acceptors (Lipinski definition) is 8. The van der Waals surface area contributed by atoms with Crippen molar-refractivity contribution in [2.75, 3.05) is 26.3 Å². The fourth-order valence-electron chi connectivity index (χ4n) is 3.80. The number of amides is 5. The third-order valence-corrected chi connectivity index (χ3v) is 6.41. The van der Waals surface area contributed by atoms with Crippen molar-refractivity contribution in [2.45, 2.75) is 18.5 Å². The van der Waals surface area contributed by atoms with E-state index < -0.39 is 35.8 Å². The van der Waals surface area contributed by atoms with E-state index in [1.807, 2.05) is 18.2 Å². The van der Waals surface area contributed by atoms with Crippen LogP contribution in [0.15, 0.2) is 60.0 Å². The van der Waals surface area contributed by atoms with Crippen LogP contribution in [-0.2, 0) is 20.7 Å². The van der Waals surface area contributed by atoms with Gasteiger partial charge in [-0.15, -0.1) is 11.3 Å². The summed E-state index contributed by atoms with van der Waals surface area (Å²) in [6, 6.07) is 13.0. The van der Waals surface area contributed by atoms with Crippen molar-refractivity contribution in [1.82, 2.24) is 20.5 Å². The van der Waals surface area contributed by atoms with Crippen molar-refractivity contribution in [3.63, 3.8) is 0 Å². The van der Waals surface area contributed by atoms with Crippen LogP contribution in [0.25, 0.3) is 0 Å². The minimum absolute atomic E-state index is 0.0126. The van der Waals surface area contributed by atoms with Gasteiger partial charge in [-0.2, -0.15) is 0 Å². The van der Waals surface area contributed by atoms with Gasteiger partial charge >= 0.3 is 6.03 Å². The van der Waals surface area contributed by atoms with E-state index in [9.17, 15) is 19.2 Å². The molecule has 0 radical (unpaired) electrons. The van der Waals surface area contributed by atoms with Gasteiger partial charge in [0, 0.05) is 18.9 Å². The number of imide groups is 1. The van der Waals surface area contributed by atoms with Crippen molar-refractivity contribution >= 4 is 40.2 Å². The number of anilines is 1. The number of aromatic nitrogens is 1. The highest BCUT2D eigenvalue weighted by molar-refractivity contribution is 7.14.